The highest BCUT2D eigenvalue weighted by molar-refractivity contribution is 7.13. The highest BCUT2D eigenvalue weighted by Crippen LogP contribution is 2.25. The van der Waals surface area contributed by atoms with Crippen molar-refractivity contribution in [3.05, 3.63) is 12.0 Å². The molecule has 18 heavy (non-hydrogen) atoms. The molecule has 1 atom stereocenters. The van der Waals surface area contributed by atoms with Gasteiger partial charge in [0.05, 0.1) is 16.5 Å². The van der Waals surface area contributed by atoms with Crippen LogP contribution in [0.5, 0.6) is 0 Å². The molecule has 0 aliphatic heterocycles. The monoisotopic (exact) mass is 284 g/mol. The molecule has 2 aromatic heterocycles. The van der Waals surface area contributed by atoms with E-state index in [0.717, 1.165) is 28.1 Å². The Morgan fingerprint density at radius 2 is 2.17 bits per heavy atom. The van der Waals surface area contributed by atoms with Crippen molar-refractivity contribution < 1.29 is 0 Å². The minimum absolute atomic E-state index is 0.113. The van der Waals surface area contributed by atoms with Crippen LogP contribution in [0.25, 0.3) is 10.2 Å². The normalized spacial score (nSPS) is 13.2. The summed E-state index contributed by atoms with van der Waals surface area (Å²) < 4.78 is 4.30. The average molecular weight is 285 g/mol. The van der Waals surface area contributed by atoms with Crippen molar-refractivity contribution in [1.82, 2.24) is 14.3 Å². The standard InChI is InChI=1S/C12H17ClN4S/c1-7(2)4-9(13)5-14-11-10-8(3)17-18-12(10)16-6-15-11/h6-7,9H,4-5H2,1-3H3,(H,14,15,16). The zero-order chi connectivity index (χ0) is 13.1. The number of hydrogen-bond acceptors (Lipinski definition) is 5. The highest BCUT2D eigenvalue weighted by atomic mass is 35.5. The first kappa shape index (κ1) is 13.5. The van der Waals surface area contributed by atoms with E-state index in [1.165, 1.54) is 11.5 Å². The van der Waals surface area contributed by atoms with E-state index in [9.17, 15) is 0 Å². The molecule has 0 saturated heterocycles. The van der Waals surface area contributed by atoms with Gasteiger partial charge in [0.1, 0.15) is 17.0 Å². The summed E-state index contributed by atoms with van der Waals surface area (Å²) in [5.41, 5.74) is 0.966. The fraction of sp³-hybridized carbons (Fsp3) is 0.583. The van der Waals surface area contributed by atoms with Crippen LogP contribution < -0.4 is 5.32 Å². The Morgan fingerprint density at radius 1 is 1.39 bits per heavy atom. The van der Waals surface area contributed by atoms with E-state index in [4.69, 9.17) is 11.6 Å². The number of rotatable bonds is 5. The Hall–Kier alpha value is -0.940. The van der Waals surface area contributed by atoms with E-state index < -0.39 is 0 Å². The van der Waals surface area contributed by atoms with Crippen LogP contribution >= 0.6 is 23.1 Å². The molecular formula is C12H17ClN4S. The van der Waals surface area contributed by atoms with E-state index >= 15 is 0 Å². The maximum Gasteiger partial charge on any atom is 0.149 e. The van der Waals surface area contributed by atoms with Crippen LogP contribution in [0.3, 0.4) is 0 Å². The number of aryl methyl sites for hydroxylation is 1. The molecule has 4 nitrogen and oxygen atoms in total. The Morgan fingerprint density at radius 3 is 2.89 bits per heavy atom. The van der Waals surface area contributed by atoms with Crippen molar-refractivity contribution in [3.8, 4) is 0 Å². The number of anilines is 1. The summed E-state index contributed by atoms with van der Waals surface area (Å²) in [7, 11) is 0. The van der Waals surface area contributed by atoms with E-state index in [1.807, 2.05) is 6.92 Å². The minimum Gasteiger partial charge on any atom is -0.368 e. The lowest BCUT2D eigenvalue weighted by atomic mass is 10.1. The molecular weight excluding hydrogens is 268 g/mol. The molecule has 0 spiro atoms. The number of halogens is 1. The van der Waals surface area contributed by atoms with Gasteiger partial charge >= 0.3 is 0 Å². The summed E-state index contributed by atoms with van der Waals surface area (Å²) >= 11 is 7.67. The van der Waals surface area contributed by atoms with Gasteiger partial charge in [-0.3, -0.25) is 0 Å². The van der Waals surface area contributed by atoms with E-state index in [1.54, 1.807) is 6.33 Å². The fourth-order valence-electron chi connectivity index (χ4n) is 1.86. The van der Waals surface area contributed by atoms with Gasteiger partial charge in [0.2, 0.25) is 0 Å². The van der Waals surface area contributed by atoms with Crippen molar-refractivity contribution in [1.29, 1.82) is 0 Å². The first-order chi connectivity index (χ1) is 8.58. The SMILES string of the molecule is Cc1nsc2ncnc(NCC(Cl)CC(C)C)c12. The van der Waals surface area contributed by atoms with E-state index in [0.29, 0.717) is 12.5 Å². The first-order valence-electron chi connectivity index (χ1n) is 6.03. The lowest BCUT2D eigenvalue weighted by molar-refractivity contribution is 0.572. The third kappa shape index (κ3) is 3.09. The summed E-state index contributed by atoms with van der Waals surface area (Å²) in [6.45, 7) is 7.03. The molecule has 0 fully saturated rings. The van der Waals surface area contributed by atoms with Gasteiger partial charge in [0, 0.05) is 6.54 Å². The van der Waals surface area contributed by atoms with Gasteiger partial charge in [0.25, 0.3) is 0 Å². The third-order valence-corrected chi connectivity index (χ3v) is 3.84. The summed E-state index contributed by atoms with van der Waals surface area (Å²) in [5, 5.41) is 4.43. The molecule has 1 N–H and O–H groups in total. The molecule has 0 bridgehead atoms. The summed E-state index contributed by atoms with van der Waals surface area (Å²) in [6, 6.07) is 0. The number of aromatic nitrogens is 3. The Labute approximate surface area is 116 Å². The predicted octanol–water partition coefficient (Wildman–Crippen LogP) is 3.46. The Kier molecular flexibility index (Phi) is 4.35. The maximum absolute atomic E-state index is 6.27. The van der Waals surface area contributed by atoms with Gasteiger partial charge in [0.15, 0.2) is 0 Å². The predicted molar refractivity (Wildman–Crippen MR) is 77.5 cm³/mol. The van der Waals surface area contributed by atoms with Crippen molar-refractivity contribution in [2.45, 2.75) is 32.6 Å². The zero-order valence-corrected chi connectivity index (χ0v) is 12.3. The van der Waals surface area contributed by atoms with Crippen LogP contribution in [-0.2, 0) is 0 Å². The average Bonchev–Trinajstić information content (AvgIpc) is 2.68. The lowest BCUT2D eigenvalue weighted by Crippen LogP contribution is -2.17. The molecule has 0 amide bonds. The van der Waals surface area contributed by atoms with Crippen molar-refractivity contribution in [2.75, 3.05) is 11.9 Å². The number of nitrogens with one attached hydrogen (secondary N) is 1. The Bertz CT molecular complexity index is 526. The largest absolute Gasteiger partial charge is 0.368 e. The second kappa shape index (κ2) is 5.80. The van der Waals surface area contributed by atoms with Crippen LogP contribution in [0.4, 0.5) is 5.82 Å². The fourth-order valence-corrected chi connectivity index (χ4v) is 3.04. The first-order valence-corrected chi connectivity index (χ1v) is 7.23. The van der Waals surface area contributed by atoms with Crippen LogP contribution in [-0.4, -0.2) is 26.3 Å². The Balaban J connectivity index is 2.10. The quantitative estimate of drug-likeness (QED) is 0.854. The molecule has 98 valence electrons. The number of fused-ring (bicyclic) bond motifs is 1. The van der Waals surface area contributed by atoms with Gasteiger partial charge < -0.3 is 5.32 Å². The third-order valence-electron chi connectivity index (χ3n) is 2.66. The van der Waals surface area contributed by atoms with Crippen molar-refractivity contribution in [2.24, 2.45) is 5.92 Å². The van der Waals surface area contributed by atoms with Gasteiger partial charge in [-0.25, -0.2) is 9.97 Å². The second-order valence-corrected chi connectivity index (χ2v) is 6.15. The van der Waals surface area contributed by atoms with E-state index in [2.05, 4.69) is 33.5 Å². The van der Waals surface area contributed by atoms with Crippen LogP contribution in [0.2, 0.25) is 0 Å². The van der Waals surface area contributed by atoms with Gasteiger partial charge in [-0.15, -0.1) is 11.6 Å². The zero-order valence-electron chi connectivity index (χ0n) is 10.8. The van der Waals surface area contributed by atoms with Crippen molar-refractivity contribution in [3.63, 3.8) is 0 Å². The number of hydrogen-bond donors (Lipinski definition) is 1. The maximum atomic E-state index is 6.27. The molecule has 2 rings (SSSR count). The molecule has 0 radical (unpaired) electrons. The minimum atomic E-state index is 0.113. The molecule has 2 heterocycles. The second-order valence-electron chi connectivity index (χ2n) is 4.78. The number of nitrogens with zero attached hydrogens (tertiary/aromatic N) is 3. The summed E-state index contributed by atoms with van der Waals surface area (Å²) in [4.78, 5) is 9.40. The van der Waals surface area contributed by atoms with Crippen LogP contribution in [0.1, 0.15) is 26.0 Å². The lowest BCUT2D eigenvalue weighted by Gasteiger charge is -2.13. The smallest absolute Gasteiger partial charge is 0.149 e. The van der Waals surface area contributed by atoms with Crippen molar-refractivity contribution >= 4 is 39.2 Å². The topological polar surface area (TPSA) is 50.7 Å². The molecule has 6 heteroatoms. The van der Waals surface area contributed by atoms with E-state index in [-0.39, 0.29) is 5.38 Å². The number of alkyl halides is 1. The van der Waals surface area contributed by atoms with Gasteiger partial charge in [-0.2, -0.15) is 4.37 Å². The van der Waals surface area contributed by atoms with Crippen LogP contribution in [0, 0.1) is 12.8 Å². The van der Waals surface area contributed by atoms with Gasteiger partial charge in [-0.05, 0) is 30.8 Å². The molecule has 1 unspecified atom stereocenters. The summed E-state index contributed by atoms with van der Waals surface area (Å²) in [5.74, 6) is 1.44. The van der Waals surface area contributed by atoms with Gasteiger partial charge in [-0.1, -0.05) is 13.8 Å². The highest BCUT2D eigenvalue weighted by Gasteiger charge is 2.12. The molecule has 0 aromatic carbocycles. The molecule has 0 aliphatic carbocycles. The molecule has 0 saturated carbocycles. The molecule has 2 aromatic rings. The molecule has 0 aliphatic rings. The summed E-state index contributed by atoms with van der Waals surface area (Å²) in [6.07, 6.45) is 2.55. The van der Waals surface area contributed by atoms with Crippen LogP contribution in [0.15, 0.2) is 6.33 Å².